The maximum absolute atomic E-state index is 13.0. The second kappa shape index (κ2) is 7.95. The standard InChI is InChI=1S/C20H25N5O2S/c1-13(2)9-10-24-18(27)15-5-3-4-6-16(15)25-19(24)22-23-20(25)28-12-17(26)21-11-14-7-8-14/h3-6,13-14H,7-12H2,1-2H3,(H,21,26). The van der Waals surface area contributed by atoms with E-state index in [2.05, 4.69) is 29.4 Å². The molecule has 4 rings (SSSR count). The number of carbonyl (C=O) groups excluding carboxylic acids is 1. The molecule has 1 fully saturated rings. The van der Waals surface area contributed by atoms with Crippen molar-refractivity contribution in [2.45, 2.75) is 44.8 Å². The van der Waals surface area contributed by atoms with Crippen LogP contribution in [0.1, 0.15) is 33.1 Å². The second-order valence-corrected chi connectivity index (χ2v) is 8.75. The quantitative estimate of drug-likeness (QED) is 0.589. The highest BCUT2D eigenvalue weighted by Crippen LogP contribution is 2.27. The van der Waals surface area contributed by atoms with E-state index < -0.39 is 0 Å². The molecule has 1 amide bonds. The van der Waals surface area contributed by atoms with E-state index in [1.54, 1.807) is 4.57 Å². The lowest BCUT2D eigenvalue weighted by Gasteiger charge is -2.12. The van der Waals surface area contributed by atoms with E-state index in [-0.39, 0.29) is 17.2 Å². The summed E-state index contributed by atoms with van der Waals surface area (Å²) in [5.74, 6) is 1.95. The molecule has 0 bridgehead atoms. The number of nitrogens with one attached hydrogen (secondary N) is 1. The van der Waals surface area contributed by atoms with Crippen LogP contribution >= 0.6 is 11.8 Å². The van der Waals surface area contributed by atoms with Gasteiger partial charge in [0.15, 0.2) is 5.16 Å². The molecule has 3 aromatic rings. The van der Waals surface area contributed by atoms with Crippen LogP contribution in [0.3, 0.4) is 0 Å². The number of aromatic nitrogens is 4. The normalized spacial score (nSPS) is 14.2. The van der Waals surface area contributed by atoms with Crippen LogP contribution in [0.4, 0.5) is 0 Å². The van der Waals surface area contributed by atoms with Crippen molar-refractivity contribution >= 4 is 34.3 Å². The van der Waals surface area contributed by atoms with Gasteiger partial charge < -0.3 is 5.32 Å². The predicted molar refractivity (Wildman–Crippen MR) is 111 cm³/mol. The predicted octanol–water partition coefficient (Wildman–Crippen LogP) is 2.71. The molecule has 0 radical (unpaired) electrons. The maximum Gasteiger partial charge on any atom is 0.262 e. The minimum atomic E-state index is -0.0464. The van der Waals surface area contributed by atoms with Crippen LogP contribution in [-0.2, 0) is 11.3 Å². The van der Waals surface area contributed by atoms with Gasteiger partial charge >= 0.3 is 0 Å². The van der Waals surface area contributed by atoms with Crippen LogP contribution < -0.4 is 10.9 Å². The molecule has 0 atom stereocenters. The van der Waals surface area contributed by atoms with E-state index in [1.807, 2.05) is 28.7 Å². The van der Waals surface area contributed by atoms with Crippen LogP contribution in [0.2, 0.25) is 0 Å². The third-order valence-corrected chi connectivity index (χ3v) is 5.95. The fourth-order valence-electron chi connectivity index (χ4n) is 3.18. The largest absolute Gasteiger partial charge is 0.355 e. The SMILES string of the molecule is CC(C)CCn1c(=O)c2ccccc2n2c(SCC(=O)NCC3CC3)nnc12. The molecule has 0 saturated heterocycles. The summed E-state index contributed by atoms with van der Waals surface area (Å²) < 4.78 is 3.60. The average Bonchev–Trinajstić information content (AvgIpc) is 3.42. The molecule has 7 nitrogen and oxygen atoms in total. The minimum Gasteiger partial charge on any atom is -0.355 e. The van der Waals surface area contributed by atoms with Crippen molar-refractivity contribution in [1.82, 2.24) is 24.5 Å². The summed E-state index contributed by atoms with van der Waals surface area (Å²) in [6, 6.07) is 7.50. The number of benzene rings is 1. The maximum atomic E-state index is 13.0. The number of hydrogen-bond acceptors (Lipinski definition) is 5. The van der Waals surface area contributed by atoms with Crippen molar-refractivity contribution in [1.29, 1.82) is 0 Å². The van der Waals surface area contributed by atoms with Gasteiger partial charge in [-0.15, -0.1) is 10.2 Å². The van der Waals surface area contributed by atoms with Gasteiger partial charge in [-0.05, 0) is 43.2 Å². The molecule has 0 aliphatic heterocycles. The first-order chi connectivity index (χ1) is 13.5. The van der Waals surface area contributed by atoms with Crippen molar-refractivity contribution in [2.24, 2.45) is 11.8 Å². The number of para-hydroxylation sites is 1. The molecule has 8 heteroatoms. The molecule has 0 unspecified atom stereocenters. The van der Waals surface area contributed by atoms with Crippen molar-refractivity contribution in [2.75, 3.05) is 12.3 Å². The molecule has 1 aliphatic rings. The number of aryl methyl sites for hydroxylation is 1. The van der Waals surface area contributed by atoms with E-state index in [1.165, 1.54) is 24.6 Å². The van der Waals surface area contributed by atoms with Crippen molar-refractivity contribution in [3.8, 4) is 0 Å². The first-order valence-corrected chi connectivity index (χ1v) is 10.8. The summed E-state index contributed by atoms with van der Waals surface area (Å²) in [5, 5.41) is 12.8. The molecule has 2 heterocycles. The van der Waals surface area contributed by atoms with Gasteiger partial charge in [0.25, 0.3) is 5.56 Å². The minimum absolute atomic E-state index is 0.00563. The first kappa shape index (κ1) is 19.0. The summed E-state index contributed by atoms with van der Waals surface area (Å²) in [6.45, 7) is 5.62. The number of rotatable bonds is 8. The zero-order valence-electron chi connectivity index (χ0n) is 16.2. The van der Waals surface area contributed by atoms with Crippen LogP contribution in [0.25, 0.3) is 16.7 Å². The fraction of sp³-hybridized carbons (Fsp3) is 0.500. The summed E-state index contributed by atoms with van der Waals surface area (Å²) in [7, 11) is 0. The Bertz CT molecular complexity index is 1070. The molecule has 148 valence electrons. The first-order valence-electron chi connectivity index (χ1n) is 9.80. The molecule has 1 aromatic carbocycles. The summed E-state index contributed by atoms with van der Waals surface area (Å²) in [5.41, 5.74) is 0.726. The number of hydrogen-bond donors (Lipinski definition) is 1. The van der Waals surface area contributed by atoms with Gasteiger partial charge in [0.2, 0.25) is 11.7 Å². The van der Waals surface area contributed by atoms with E-state index in [9.17, 15) is 9.59 Å². The van der Waals surface area contributed by atoms with Crippen molar-refractivity contribution < 1.29 is 4.79 Å². The molecule has 2 aromatic heterocycles. The molecule has 1 aliphatic carbocycles. The molecular formula is C20H25N5O2S. The van der Waals surface area contributed by atoms with Gasteiger partial charge in [-0.3, -0.25) is 18.6 Å². The van der Waals surface area contributed by atoms with Crippen molar-refractivity contribution in [3.63, 3.8) is 0 Å². The Balaban J connectivity index is 1.67. The molecule has 0 spiro atoms. The Kier molecular flexibility index (Phi) is 5.39. The lowest BCUT2D eigenvalue weighted by molar-refractivity contribution is -0.118. The molecule has 28 heavy (non-hydrogen) atoms. The number of carbonyl (C=O) groups is 1. The zero-order chi connectivity index (χ0) is 19.7. The van der Waals surface area contributed by atoms with Gasteiger partial charge in [0.05, 0.1) is 16.7 Å². The van der Waals surface area contributed by atoms with E-state index in [0.29, 0.717) is 34.7 Å². The number of thioether (sulfide) groups is 1. The third-order valence-electron chi connectivity index (χ3n) is 5.03. The molecule has 1 N–H and O–H groups in total. The average molecular weight is 400 g/mol. The Hall–Kier alpha value is -2.35. The van der Waals surface area contributed by atoms with Crippen LogP contribution in [0.5, 0.6) is 0 Å². The van der Waals surface area contributed by atoms with Crippen LogP contribution in [-0.4, -0.2) is 37.4 Å². The topological polar surface area (TPSA) is 81.3 Å². The summed E-state index contributed by atoms with van der Waals surface area (Å²) >= 11 is 1.35. The Labute approximate surface area is 167 Å². The number of fused-ring (bicyclic) bond motifs is 3. The molecule has 1 saturated carbocycles. The highest BCUT2D eigenvalue weighted by molar-refractivity contribution is 7.99. The second-order valence-electron chi connectivity index (χ2n) is 7.81. The highest BCUT2D eigenvalue weighted by Gasteiger charge is 2.22. The van der Waals surface area contributed by atoms with E-state index >= 15 is 0 Å². The fourth-order valence-corrected chi connectivity index (χ4v) is 3.95. The van der Waals surface area contributed by atoms with Gasteiger partial charge in [-0.1, -0.05) is 37.7 Å². The number of nitrogens with zero attached hydrogens (tertiary/aromatic N) is 4. The Morgan fingerprint density at radius 1 is 1.29 bits per heavy atom. The van der Waals surface area contributed by atoms with Gasteiger partial charge in [-0.25, -0.2) is 0 Å². The lowest BCUT2D eigenvalue weighted by Crippen LogP contribution is -2.27. The highest BCUT2D eigenvalue weighted by atomic mass is 32.2. The van der Waals surface area contributed by atoms with E-state index in [0.717, 1.165) is 18.5 Å². The summed E-state index contributed by atoms with van der Waals surface area (Å²) in [4.78, 5) is 25.1. The monoisotopic (exact) mass is 399 g/mol. The van der Waals surface area contributed by atoms with E-state index in [4.69, 9.17) is 0 Å². The van der Waals surface area contributed by atoms with Gasteiger partial charge in [0.1, 0.15) is 0 Å². The van der Waals surface area contributed by atoms with Crippen LogP contribution in [0.15, 0.2) is 34.2 Å². The van der Waals surface area contributed by atoms with Crippen molar-refractivity contribution in [3.05, 3.63) is 34.6 Å². The lowest BCUT2D eigenvalue weighted by atomic mass is 10.1. The van der Waals surface area contributed by atoms with Gasteiger partial charge in [-0.2, -0.15) is 0 Å². The van der Waals surface area contributed by atoms with Crippen LogP contribution in [0, 0.1) is 11.8 Å². The van der Waals surface area contributed by atoms with Gasteiger partial charge in [0, 0.05) is 13.1 Å². The zero-order valence-corrected chi connectivity index (χ0v) is 17.0. The molecular weight excluding hydrogens is 374 g/mol. The third kappa shape index (κ3) is 3.92. The Morgan fingerprint density at radius 3 is 2.82 bits per heavy atom. The number of amides is 1. The Morgan fingerprint density at radius 2 is 2.07 bits per heavy atom. The summed E-state index contributed by atoms with van der Waals surface area (Å²) in [6.07, 6.45) is 3.30. The smallest absolute Gasteiger partial charge is 0.262 e.